The fourth-order valence-corrected chi connectivity index (χ4v) is 1.82. The predicted molar refractivity (Wildman–Crippen MR) is 57.9 cm³/mol. The van der Waals surface area contributed by atoms with Gasteiger partial charge in [0.05, 0.1) is 6.42 Å². The Bertz CT molecular complexity index is 416. The molecule has 0 aromatic carbocycles. The van der Waals surface area contributed by atoms with Crippen LogP contribution in [0.1, 0.15) is 12.8 Å². The third-order valence-electron chi connectivity index (χ3n) is 2.09. The van der Waals surface area contributed by atoms with Gasteiger partial charge < -0.3 is 0 Å². The van der Waals surface area contributed by atoms with E-state index in [1.165, 1.54) is 6.08 Å². The zero-order chi connectivity index (χ0) is 12.3. The summed E-state index contributed by atoms with van der Waals surface area (Å²) >= 11 is 11.5. The summed E-state index contributed by atoms with van der Waals surface area (Å²) in [6, 6.07) is 0. The molecule has 1 unspecified atom stereocenters. The number of ketones is 1. The molecule has 5 nitrogen and oxygen atoms in total. The van der Waals surface area contributed by atoms with Crippen molar-refractivity contribution >= 4 is 35.3 Å². The van der Waals surface area contributed by atoms with Crippen LogP contribution in [0, 0.1) is 10.1 Å². The Balaban J connectivity index is 2.87. The Labute approximate surface area is 101 Å². The lowest BCUT2D eigenvalue weighted by molar-refractivity contribution is -0.527. The molecule has 0 fully saturated rings. The first kappa shape index (κ1) is 12.9. The van der Waals surface area contributed by atoms with Crippen molar-refractivity contribution in [3.05, 3.63) is 32.9 Å². The molecule has 0 N–H and O–H groups in total. The van der Waals surface area contributed by atoms with Gasteiger partial charge in [-0.3, -0.25) is 19.7 Å². The van der Waals surface area contributed by atoms with Crippen LogP contribution in [0.15, 0.2) is 22.8 Å². The number of hydrogen-bond donors (Lipinski definition) is 0. The van der Waals surface area contributed by atoms with E-state index in [4.69, 9.17) is 23.2 Å². The van der Waals surface area contributed by atoms with Crippen LogP contribution in [0.25, 0.3) is 0 Å². The summed E-state index contributed by atoms with van der Waals surface area (Å²) in [5.74, 6) is -0.638. The first-order valence-corrected chi connectivity index (χ1v) is 5.03. The summed E-state index contributed by atoms with van der Waals surface area (Å²) in [5, 5.41) is 10.8. The predicted octanol–water partition coefficient (Wildman–Crippen LogP) is 1.81. The van der Waals surface area contributed by atoms with E-state index in [-0.39, 0.29) is 24.2 Å². The fourth-order valence-electron chi connectivity index (χ4n) is 1.22. The lowest BCUT2D eigenvalue weighted by Gasteiger charge is -2.19. The number of carbonyl (C=O) groups is 2. The Hall–Kier alpha value is -1.20. The van der Waals surface area contributed by atoms with E-state index in [1.807, 2.05) is 0 Å². The van der Waals surface area contributed by atoms with Crippen molar-refractivity contribution in [1.82, 2.24) is 0 Å². The van der Waals surface area contributed by atoms with E-state index in [0.717, 1.165) is 6.08 Å². The van der Waals surface area contributed by atoms with Gasteiger partial charge in [-0.25, -0.2) is 0 Å². The van der Waals surface area contributed by atoms with Crippen molar-refractivity contribution < 1.29 is 14.5 Å². The molecule has 0 saturated heterocycles. The molecule has 0 aromatic rings. The summed E-state index contributed by atoms with van der Waals surface area (Å²) < 4.78 is 0. The molecule has 0 aromatic heterocycles. The van der Waals surface area contributed by atoms with Gasteiger partial charge in [-0.15, -0.1) is 0 Å². The molecule has 0 spiro atoms. The largest absolute Gasteiger partial charge is 0.318 e. The van der Waals surface area contributed by atoms with Gasteiger partial charge >= 0.3 is 5.00 Å². The average Bonchev–Trinajstić information content (AvgIpc) is 2.22. The number of aldehydes is 1. The van der Waals surface area contributed by atoms with Crippen LogP contribution in [0.5, 0.6) is 0 Å². The molecule has 0 heterocycles. The lowest BCUT2D eigenvalue weighted by Crippen LogP contribution is -2.31. The molecule has 86 valence electrons. The normalized spacial score (nSPS) is 24.4. The SMILES string of the molecule is O=CC(=O)CC1=C(Cl)CC(Cl)([N+](=O)[O-])C=C1. The van der Waals surface area contributed by atoms with Gasteiger partial charge in [0, 0.05) is 22.5 Å². The van der Waals surface area contributed by atoms with Crippen LogP contribution in [-0.4, -0.2) is 22.0 Å². The second kappa shape index (κ2) is 4.76. The Morgan fingerprint density at radius 1 is 1.69 bits per heavy atom. The summed E-state index contributed by atoms with van der Waals surface area (Å²) in [6.45, 7) is 0. The zero-order valence-corrected chi connectivity index (χ0v) is 9.49. The molecule has 0 amide bonds. The zero-order valence-electron chi connectivity index (χ0n) is 7.98. The van der Waals surface area contributed by atoms with Crippen molar-refractivity contribution in [3.8, 4) is 0 Å². The molecular formula is C9H7Cl2NO4. The van der Waals surface area contributed by atoms with Gasteiger partial charge in [-0.05, 0) is 17.2 Å². The highest BCUT2D eigenvalue weighted by Gasteiger charge is 2.41. The molecule has 0 bridgehead atoms. The first-order chi connectivity index (χ1) is 7.39. The van der Waals surface area contributed by atoms with Gasteiger partial charge in [0.25, 0.3) is 0 Å². The maximum Gasteiger partial charge on any atom is 0.318 e. The highest BCUT2D eigenvalue weighted by atomic mass is 35.5. The van der Waals surface area contributed by atoms with Crippen LogP contribution in [0.4, 0.5) is 0 Å². The summed E-state index contributed by atoms with van der Waals surface area (Å²) in [6.07, 6.45) is 2.29. The molecule has 1 aliphatic rings. The van der Waals surface area contributed by atoms with Crippen molar-refractivity contribution in [2.45, 2.75) is 17.8 Å². The fraction of sp³-hybridized carbons (Fsp3) is 0.333. The quantitative estimate of drug-likeness (QED) is 0.194. The van der Waals surface area contributed by atoms with Crippen molar-refractivity contribution in [2.75, 3.05) is 0 Å². The Kier molecular flexibility index (Phi) is 3.83. The van der Waals surface area contributed by atoms with E-state index < -0.39 is 15.7 Å². The summed E-state index contributed by atoms with van der Waals surface area (Å²) in [7, 11) is 0. The second-order valence-electron chi connectivity index (χ2n) is 3.28. The topological polar surface area (TPSA) is 77.3 Å². The van der Waals surface area contributed by atoms with E-state index in [0.29, 0.717) is 5.57 Å². The first-order valence-electron chi connectivity index (χ1n) is 4.27. The lowest BCUT2D eigenvalue weighted by atomic mass is 9.99. The Morgan fingerprint density at radius 3 is 2.75 bits per heavy atom. The number of hydrogen-bond acceptors (Lipinski definition) is 4. The smallest absolute Gasteiger partial charge is 0.295 e. The van der Waals surface area contributed by atoms with Crippen molar-refractivity contribution in [3.63, 3.8) is 0 Å². The standard InChI is InChI=1S/C9H7Cl2NO4/c10-8-4-9(11,12(15)16)2-1-6(8)3-7(14)5-13/h1-2,5H,3-4H2. The van der Waals surface area contributed by atoms with E-state index in [1.54, 1.807) is 0 Å². The number of Topliss-reactive ketones (excluding diaryl/α,β-unsaturated/α-hetero) is 1. The minimum absolute atomic E-state index is 0.129. The van der Waals surface area contributed by atoms with Crippen molar-refractivity contribution in [2.24, 2.45) is 0 Å². The third kappa shape index (κ3) is 2.68. The number of allylic oxidation sites excluding steroid dienone is 2. The molecule has 0 aliphatic heterocycles. The molecule has 1 aliphatic carbocycles. The van der Waals surface area contributed by atoms with Crippen LogP contribution in [0.3, 0.4) is 0 Å². The minimum Gasteiger partial charge on any atom is -0.295 e. The van der Waals surface area contributed by atoms with Crippen LogP contribution in [-0.2, 0) is 9.59 Å². The third-order valence-corrected chi connectivity index (χ3v) is 2.87. The van der Waals surface area contributed by atoms with Gasteiger partial charge in [0.1, 0.15) is 0 Å². The van der Waals surface area contributed by atoms with Gasteiger partial charge in [-0.1, -0.05) is 17.7 Å². The number of carbonyl (C=O) groups excluding carboxylic acids is 2. The maximum atomic E-state index is 10.9. The van der Waals surface area contributed by atoms with E-state index >= 15 is 0 Å². The highest BCUT2D eigenvalue weighted by molar-refractivity contribution is 6.33. The van der Waals surface area contributed by atoms with E-state index in [2.05, 4.69) is 0 Å². The molecule has 1 rings (SSSR count). The molecule has 1 atom stereocenters. The van der Waals surface area contributed by atoms with Gasteiger partial charge in [0.15, 0.2) is 12.1 Å². The Morgan fingerprint density at radius 2 is 2.31 bits per heavy atom. The number of rotatable bonds is 4. The molecule has 0 radical (unpaired) electrons. The van der Waals surface area contributed by atoms with Crippen LogP contribution >= 0.6 is 23.2 Å². The number of nitro groups is 1. The van der Waals surface area contributed by atoms with Crippen LogP contribution in [0.2, 0.25) is 0 Å². The van der Waals surface area contributed by atoms with Gasteiger partial charge in [0.2, 0.25) is 0 Å². The number of halogens is 2. The van der Waals surface area contributed by atoms with E-state index in [9.17, 15) is 19.7 Å². The molecule has 16 heavy (non-hydrogen) atoms. The highest BCUT2D eigenvalue weighted by Crippen LogP contribution is 2.35. The maximum absolute atomic E-state index is 10.9. The number of nitrogens with zero attached hydrogens (tertiary/aromatic N) is 1. The summed E-state index contributed by atoms with van der Waals surface area (Å²) in [4.78, 5) is 29.2. The monoisotopic (exact) mass is 263 g/mol. The molecule has 0 saturated carbocycles. The summed E-state index contributed by atoms with van der Waals surface area (Å²) in [5.41, 5.74) is 0.386. The average molecular weight is 264 g/mol. The minimum atomic E-state index is -1.76. The second-order valence-corrected chi connectivity index (χ2v) is 4.39. The number of alkyl halides is 1. The van der Waals surface area contributed by atoms with Gasteiger partial charge in [-0.2, -0.15) is 0 Å². The molecule has 7 heteroatoms. The molecular weight excluding hydrogens is 257 g/mol. The van der Waals surface area contributed by atoms with Crippen molar-refractivity contribution in [1.29, 1.82) is 0 Å². The van der Waals surface area contributed by atoms with Crippen LogP contribution < -0.4 is 0 Å².